The number of hydrogen-bond acceptors (Lipinski definition) is 2. The lowest BCUT2D eigenvalue weighted by Crippen LogP contribution is -2.27. The number of rotatable bonds is 7. The molecule has 0 radical (unpaired) electrons. The fraction of sp³-hybridized carbons (Fsp3) is 0.120. The molecule has 1 heterocycles. The molecule has 0 atom stereocenters. The van der Waals surface area contributed by atoms with Crippen molar-refractivity contribution in [2.24, 2.45) is 0 Å². The molecule has 0 aliphatic heterocycles. The second kappa shape index (κ2) is 17.8. The Morgan fingerprint density at radius 3 is 1.43 bits per heavy atom. The van der Waals surface area contributed by atoms with E-state index in [0.717, 1.165) is 22.6 Å². The zero-order chi connectivity index (χ0) is 52.2. The van der Waals surface area contributed by atoms with E-state index in [1.807, 2.05) is 11.3 Å². The van der Waals surface area contributed by atoms with E-state index in [4.69, 9.17) is 0 Å². The Hall–Kier alpha value is -8.56. The van der Waals surface area contributed by atoms with Crippen LogP contribution < -0.4 is 4.90 Å². The van der Waals surface area contributed by atoms with Crippen LogP contribution in [-0.4, -0.2) is 0 Å². The lowest BCUT2D eigenvalue weighted by atomic mass is 9.68. The molecule has 12 aromatic rings. The maximum absolute atomic E-state index is 2.54. The predicted molar refractivity (Wildman–Crippen MR) is 329 cm³/mol. The Morgan fingerprint density at radius 2 is 0.766 bits per heavy atom. The van der Waals surface area contributed by atoms with Gasteiger partial charge in [-0.05, 0) is 154 Å². The lowest BCUT2D eigenvalue weighted by Gasteiger charge is -2.33. The minimum atomic E-state index is -0.474. The topological polar surface area (TPSA) is 3.24 Å². The first kappa shape index (κ1) is 46.9. The summed E-state index contributed by atoms with van der Waals surface area (Å²) in [6.45, 7) is 14.0. The van der Waals surface area contributed by atoms with Gasteiger partial charge in [0.25, 0.3) is 0 Å². The Bertz CT molecular complexity index is 4230. The SMILES string of the molecule is CC(C)(C)c1ccc2c(c1)C1(c3ccccc3-c3ccc(-c4ccc(N(c5ccc6sc7ccccc7c6c5)c5ccccc5-c5ccccc5-c5ccccc5-c5ccccc5)cc4)cc31)c1cc(C(C)(C)C)ccc1-2. The predicted octanol–water partition coefficient (Wildman–Crippen LogP) is 21.1. The van der Waals surface area contributed by atoms with Crippen molar-refractivity contribution in [3.8, 4) is 66.8 Å². The highest BCUT2D eigenvalue weighted by atomic mass is 32.1. The van der Waals surface area contributed by atoms with Gasteiger partial charge >= 0.3 is 0 Å². The summed E-state index contributed by atoms with van der Waals surface area (Å²) >= 11 is 1.86. The van der Waals surface area contributed by atoms with Crippen molar-refractivity contribution in [3.63, 3.8) is 0 Å². The molecule has 0 unspecified atom stereocenters. The smallest absolute Gasteiger partial charge is 0.0725 e. The molecule has 0 saturated heterocycles. The summed E-state index contributed by atoms with van der Waals surface area (Å²) in [5.74, 6) is 0. The van der Waals surface area contributed by atoms with E-state index in [2.05, 4.69) is 295 Å². The highest BCUT2D eigenvalue weighted by Gasteiger charge is 2.52. The monoisotopic (exact) mass is 1010 g/mol. The van der Waals surface area contributed by atoms with Crippen LogP contribution in [0, 0.1) is 0 Å². The van der Waals surface area contributed by atoms with Crippen LogP contribution in [-0.2, 0) is 16.2 Å². The molecule has 14 rings (SSSR count). The molecule has 1 nitrogen and oxygen atoms in total. The Labute approximate surface area is 457 Å². The summed E-state index contributed by atoms with van der Waals surface area (Å²) in [5, 5.41) is 2.56. The third-order valence-corrected chi connectivity index (χ3v) is 17.8. The first-order valence-electron chi connectivity index (χ1n) is 27.2. The molecule has 0 N–H and O–H groups in total. The van der Waals surface area contributed by atoms with Gasteiger partial charge in [-0.3, -0.25) is 0 Å². The highest BCUT2D eigenvalue weighted by Crippen LogP contribution is 2.64. The van der Waals surface area contributed by atoms with Crippen molar-refractivity contribution in [2.75, 3.05) is 4.90 Å². The first-order valence-corrected chi connectivity index (χ1v) is 28.0. The van der Waals surface area contributed by atoms with E-state index in [1.54, 1.807) is 0 Å². The van der Waals surface area contributed by atoms with Gasteiger partial charge in [-0.25, -0.2) is 0 Å². The van der Waals surface area contributed by atoms with Crippen LogP contribution in [0.15, 0.2) is 249 Å². The van der Waals surface area contributed by atoms with Crippen LogP contribution in [0.4, 0.5) is 17.1 Å². The fourth-order valence-electron chi connectivity index (χ4n) is 12.8. The average Bonchev–Trinajstić information content (AvgIpc) is 4.09. The van der Waals surface area contributed by atoms with Crippen molar-refractivity contribution in [2.45, 2.75) is 57.8 Å². The van der Waals surface area contributed by atoms with Gasteiger partial charge in [-0.2, -0.15) is 0 Å². The summed E-state index contributed by atoms with van der Waals surface area (Å²) in [5.41, 5.74) is 25.9. The molecule has 77 heavy (non-hydrogen) atoms. The number of nitrogens with zero attached hydrogens (tertiary/aromatic N) is 1. The maximum atomic E-state index is 2.54. The first-order chi connectivity index (χ1) is 37.4. The molecule has 0 bridgehead atoms. The molecule has 0 saturated carbocycles. The van der Waals surface area contributed by atoms with Gasteiger partial charge in [0.2, 0.25) is 0 Å². The molecule has 1 spiro atoms. The molecule has 2 heteroatoms. The normalized spacial score (nSPS) is 13.2. The Morgan fingerprint density at radius 1 is 0.299 bits per heavy atom. The number of fused-ring (bicyclic) bond motifs is 13. The Balaban J connectivity index is 0.943. The zero-order valence-corrected chi connectivity index (χ0v) is 45.3. The van der Waals surface area contributed by atoms with Gasteiger partial charge in [0.15, 0.2) is 0 Å². The van der Waals surface area contributed by atoms with E-state index in [1.165, 1.54) is 115 Å². The van der Waals surface area contributed by atoms with Gasteiger partial charge in [0.05, 0.1) is 11.1 Å². The van der Waals surface area contributed by atoms with Gasteiger partial charge in [0, 0.05) is 37.1 Å². The maximum Gasteiger partial charge on any atom is 0.0725 e. The van der Waals surface area contributed by atoms with Crippen molar-refractivity contribution in [1.82, 2.24) is 0 Å². The molecular formula is C75H59NS. The van der Waals surface area contributed by atoms with E-state index in [9.17, 15) is 0 Å². The third kappa shape index (κ3) is 7.48. The molecule has 0 amide bonds. The number of para-hydroxylation sites is 1. The highest BCUT2D eigenvalue weighted by molar-refractivity contribution is 7.25. The summed E-state index contributed by atoms with van der Waals surface area (Å²) < 4.78 is 2.59. The summed E-state index contributed by atoms with van der Waals surface area (Å²) in [4.78, 5) is 2.48. The largest absolute Gasteiger partial charge is 0.310 e. The van der Waals surface area contributed by atoms with Gasteiger partial charge < -0.3 is 4.90 Å². The molecule has 11 aromatic carbocycles. The third-order valence-electron chi connectivity index (χ3n) is 16.7. The van der Waals surface area contributed by atoms with E-state index in [0.29, 0.717) is 0 Å². The Kier molecular flexibility index (Phi) is 10.8. The number of benzene rings is 11. The van der Waals surface area contributed by atoms with Crippen molar-refractivity contribution < 1.29 is 0 Å². The number of hydrogen-bond donors (Lipinski definition) is 0. The minimum Gasteiger partial charge on any atom is -0.310 e. The van der Waals surface area contributed by atoms with Crippen molar-refractivity contribution >= 4 is 48.6 Å². The summed E-state index contributed by atoms with van der Waals surface area (Å²) in [6.07, 6.45) is 0. The summed E-state index contributed by atoms with van der Waals surface area (Å²) in [7, 11) is 0. The second-order valence-corrected chi connectivity index (χ2v) is 24.3. The minimum absolute atomic E-state index is 0.0130. The fourth-order valence-corrected chi connectivity index (χ4v) is 13.9. The molecule has 2 aliphatic carbocycles. The van der Waals surface area contributed by atoms with E-state index < -0.39 is 5.41 Å². The molecular weight excluding hydrogens is 947 g/mol. The lowest BCUT2D eigenvalue weighted by molar-refractivity contribution is 0.586. The van der Waals surface area contributed by atoms with Gasteiger partial charge in [-0.15, -0.1) is 11.3 Å². The average molecular weight is 1010 g/mol. The number of anilines is 3. The van der Waals surface area contributed by atoms with Crippen LogP contribution in [0.1, 0.15) is 74.9 Å². The molecule has 0 fully saturated rings. The summed E-state index contributed by atoms with van der Waals surface area (Å²) in [6, 6.07) is 93.8. The van der Waals surface area contributed by atoms with Crippen molar-refractivity contribution in [3.05, 3.63) is 282 Å². The molecule has 370 valence electrons. The van der Waals surface area contributed by atoms with Crippen LogP contribution in [0.25, 0.3) is 86.9 Å². The van der Waals surface area contributed by atoms with Crippen LogP contribution in [0.5, 0.6) is 0 Å². The van der Waals surface area contributed by atoms with Crippen LogP contribution in [0.2, 0.25) is 0 Å². The standard InChI is InChI=1S/C75H59NS/c1-73(2,3)51-35-41-61-62-42-36-52(74(4,5)6)46-69(62)75(68(61)45-51)66-29-17-14-26-59(66)60-40-34-50(44-67(60)75)48-32-37-53(38-33-48)76(54-39-43-72-65(47-54)64-28-16-19-31-71(64)77-72)70-30-18-15-27-63(70)58-25-13-12-24-57(58)56-23-11-10-22-55(56)49-20-8-7-9-21-49/h7-47H,1-6H3. The van der Waals surface area contributed by atoms with Crippen LogP contribution >= 0.6 is 11.3 Å². The van der Waals surface area contributed by atoms with Gasteiger partial charge in [-0.1, -0.05) is 242 Å². The van der Waals surface area contributed by atoms with Gasteiger partial charge in [0.1, 0.15) is 0 Å². The van der Waals surface area contributed by atoms with Crippen molar-refractivity contribution in [1.29, 1.82) is 0 Å². The second-order valence-electron chi connectivity index (χ2n) is 23.2. The van der Waals surface area contributed by atoms with E-state index >= 15 is 0 Å². The zero-order valence-electron chi connectivity index (χ0n) is 44.5. The molecule has 2 aliphatic rings. The molecule has 1 aromatic heterocycles. The quantitative estimate of drug-likeness (QED) is 0.154. The van der Waals surface area contributed by atoms with Crippen LogP contribution in [0.3, 0.4) is 0 Å². The number of thiophene rings is 1. The van der Waals surface area contributed by atoms with E-state index in [-0.39, 0.29) is 10.8 Å².